The molecular weight excluding hydrogens is 264 g/mol. The Morgan fingerprint density at radius 2 is 2.00 bits per heavy atom. The Labute approximate surface area is 128 Å². The number of carbonyl (C=O) groups is 1. The Hall–Kier alpha value is -0.610. The van der Waals surface area contributed by atoms with Gasteiger partial charge in [0.2, 0.25) is 5.91 Å². The molecule has 1 amide bonds. The second-order valence-corrected chi connectivity index (χ2v) is 7.75. The Morgan fingerprint density at radius 3 is 2.52 bits per heavy atom. The van der Waals surface area contributed by atoms with Gasteiger partial charge < -0.3 is 9.64 Å². The van der Waals surface area contributed by atoms with Crippen molar-refractivity contribution < 1.29 is 9.53 Å². The van der Waals surface area contributed by atoms with Gasteiger partial charge in [0, 0.05) is 18.6 Å². The summed E-state index contributed by atoms with van der Waals surface area (Å²) in [5.74, 6) is 0.367. The molecule has 3 atom stereocenters. The van der Waals surface area contributed by atoms with Crippen LogP contribution in [0, 0.1) is 5.41 Å². The van der Waals surface area contributed by atoms with Crippen molar-refractivity contribution in [3.05, 3.63) is 0 Å². The van der Waals surface area contributed by atoms with E-state index in [2.05, 4.69) is 31.0 Å². The van der Waals surface area contributed by atoms with E-state index < -0.39 is 0 Å². The molecule has 1 heterocycles. The Kier molecular flexibility index (Phi) is 3.81. The molecule has 0 radical (unpaired) electrons. The molecule has 0 aromatic rings. The van der Waals surface area contributed by atoms with Crippen molar-refractivity contribution >= 4 is 5.91 Å². The second-order valence-electron chi connectivity index (χ2n) is 7.75. The van der Waals surface area contributed by atoms with E-state index >= 15 is 0 Å². The number of carbonyl (C=O) groups excluding carboxylic acids is 1. The maximum atomic E-state index is 13.2. The fraction of sp³-hybridized carbons (Fsp3) is 0.941. The summed E-state index contributed by atoms with van der Waals surface area (Å²) in [6.45, 7) is 6.68. The van der Waals surface area contributed by atoms with Crippen molar-refractivity contribution in [2.75, 3.05) is 7.11 Å². The number of methoxy groups -OCH3 is 1. The zero-order chi connectivity index (χ0) is 15.3. The SMILES string of the molecule is CCCC1NC2(CCCC2)C(=O)N1C1CC(OC)C1(C)C. The number of amides is 1. The molecule has 21 heavy (non-hydrogen) atoms. The molecule has 120 valence electrons. The average Bonchev–Trinajstić information content (AvgIpc) is 3.00. The van der Waals surface area contributed by atoms with Gasteiger partial charge in [-0.15, -0.1) is 0 Å². The van der Waals surface area contributed by atoms with Gasteiger partial charge in [0.25, 0.3) is 0 Å². The van der Waals surface area contributed by atoms with Gasteiger partial charge in [-0.2, -0.15) is 0 Å². The van der Waals surface area contributed by atoms with Gasteiger partial charge in [0.15, 0.2) is 0 Å². The van der Waals surface area contributed by atoms with Crippen LogP contribution in [0.4, 0.5) is 0 Å². The number of hydrogen-bond donors (Lipinski definition) is 1. The smallest absolute Gasteiger partial charge is 0.244 e. The van der Waals surface area contributed by atoms with E-state index in [1.165, 1.54) is 12.8 Å². The highest BCUT2D eigenvalue weighted by Crippen LogP contribution is 2.49. The summed E-state index contributed by atoms with van der Waals surface area (Å²) in [7, 11) is 1.79. The average molecular weight is 294 g/mol. The van der Waals surface area contributed by atoms with Crippen LogP contribution in [0.1, 0.15) is 65.7 Å². The van der Waals surface area contributed by atoms with Crippen LogP contribution >= 0.6 is 0 Å². The van der Waals surface area contributed by atoms with Gasteiger partial charge in [-0.3, -0.25) is 10.1 Å². The molecule has 3 unspecified atom stereocenters. The van der Waals surface area contributed by atoms with Crippen LogP contribution in [0.5, 0.6) is 0 Å². The highest BCUT2D eigenvalue weighted by atomic mass is 16.5. The van der Waals surface area contributed by atoms with Gasteiger partial charge in [-0.1, -0.05) is 40.0 Å². The summed E-state index contributed by atoms with van der Waals surface area (Å²) < 4.78 is 5.58. The minimum atomic E-state index is -0.242. The van der Waals surface area contributed by atoms with Crippen molar-refractivity contribution in [1.29, 1.82) is 0 Å². The summed E-state index contributed by atoms with van der Waals surface area (Å²) in [5.41, 5.74) is -0.184. The number of nitrogens with zero attached hydrogens (tertiary/aromatic N) is 1. The highest BCUT2D eigenvalue weighted by Gasteiger charge is 2.60. The zero-order valence-corrected chi connectivity index (χ0v) is 13.9. The number of hydrogen-bond acceptors (Lipinski definition) is 3. The van der Waals surface area contributed by atoms with Gasteiger partial charge in [0.1, 0.15) is 0 Å². The van der Waals surface area contributed by atoms with Crippen molar-refractivity contribution in [1.82, 2.24) is 10.2 Å². The largest absolute Gasteiger partial charge is 0.381 e. The van der Waals surface area contributed by atoms with Crippen LogP contribution in [0.2, 0.25) is 0 Å². The first-order valence-electron chi connectivity index (χ1n) is 8.59. The second kappa shape index (κ2) is 5.24. The lowest BCUT2D eigenvalue weighted by Crippen LogP contribution is -2.64. The summed E-state index contributed by atoms with van der Waals surface area (Å²) >= 11 is 0. The summed E-state index contributed by atoms with van der Waals surface area (Å²) in [5, 5.41) is 3.72. The molecule has 1 N–H and O–H groups in total. The highest BCUT2D eigenvalue weighted by molar-refractivity contribution is 5.89. The predicted octanol–water partition coefficient (Wildman–Crippen LogP) is 2.67. The van der Waals surface area contributed by atoms with Gasteiger partial charge >= 0.3 is 0 Å². The topological polar surface area (TPSA) is 41.6 Å². The molecule has 4 nitrogen and oxygen atoms in total. The number of nitrogens with one attached hydrogen (secondary N) is 1. The first kappa shape index (κ1) is 15.3. The van der Waals surface area contributed by atoms with E-state index in [1.54, 1.807) is 7.11 Å². The third-order valence-corrected chi connectivity index (χ3v) is 6.19. The molecule has 3 rings (SSSR count). The standard InChI is InChI=1S/C17H30N2O2/c1-5-8-14-18-17(9-6-7-10-17)15(20)19(14)12-11-13(21-4)16(12,2)3/h12-14,18H,5-11H2,1-4H3. The van der Waals surface area contributed by atoms with Crippen molar-refractivity contribution in [3.63, 3.8) is 0 Å². The van der Waals surface area contributed by atoms with Crippen LogP contribution in [-0.2, 0) is 9.53 Å². The lowest BCUT2D eigenvalue weighted by atomic mass is 9.63. The molecule has 3 fully saturated rings. The van der Waals surface area contributed by atoms with Gasteiger partial charge in [-0.05, 0) is 25.7 Å². The molecular formula is C17H30N2O2. The number of rotatable bonds is 4. The van der Waals surface area contributed by atoms with E-state index in [0.29, 0.717) is 11.9 Å². The molecule has 1 aliphatic heterocycles. The van der Waals surface area contributed by atoms with E-state index in [0.717, 1.165) is 32.1 Å². The first-order valence-corrected chi connectivity index (χ1v) is 8.59. The molecule has 1 spiro atoms. The maximum absolute atomic E-state index is 13.2. The number of ether oxygens (including phenoxy) is 1. The van der Waals surface area contributed by atoms with E-state index in [4.69, 9.17) is 4.74 Å². The minimum Gasteiger partial charge on any atom is -0.381 e. The van der Waals surface area contributed by atoms with Crippen molar-refractivity contribution in [2.45, 2.75) is 89.6 Å². The lowest BCUT2D eigenvalue weighted by molar-refractivity contribution is -0.164. The van der Waals surface area contributed by atoms with Crippen LogP contribution in [-0.4, -0.2) is 41.8 Å². The quantitative estimate of drug-likeness (QED) is 0.867. The molecule has 4 heteroatoms. The van der Waals surface area contributed by atoms with Crippen LogP contribution in [0.25, 0.3) is 0 Å². The normalized spacial score (nSPS) is 37.2. The Balaban J connectivity index is 1.83. The van der Waals surface area contributed by atoms with Gasteiger partial charge in [-0.25, -0.2) is 0 Å². The predicted molar refractivity (Wildman–Crippen MR) is 82.9 cm³/mol. The van der Waals surface area contributed by atoms with Gasteiger partial charge in [0.05, 0.1) is 17.8 Å². The third-order valence-electron chi connectivity index (χ3n) is 6.19. The van der Waals surface area contributed by atoms with E-state index in [1.807, 2.05) is 0 Å². The Morgan fingerprint density at radius 1 is 1.33 bits per heavy atom. The maximum Gasteiger partial charge on any atom is 0.244 e. The molecule has 0 aromatic heterocycles. The molecule has 2 saturated carbocycles. The fourth-order valence-corrected chi connectivity index (χ4v) is 4.76. The first-order chi connectivity index (χ1) is 9.96. The molecule has 0 aromatic carbocycles. The molecule has 3 aliphatic rings. The monoisotopic (exact) mass is 294 g/mol. The molecule has 0 bridgehead atoms. The lowest BCUT2D eigenvalue weighted by Gasteiger charge is -2.55. The Bertz CT molecular complexity index is 415. The fourth-order valence-electron chi connectivity index (χ4n) is 4.76. The molecule has 2 aliphatic carbocycles. The van der Waals surface area contributed by atoms with E-state index in [-0.39, 0.29) is 23.2 Å². The van der Waals surface area contributed by atoms with Crippen molar-refractivity contribution in [3.8, 4) is 0 Å². The zero-order valence-electron chi connectivity index (χ0n) is 13.9. The summed E-state index contributed by atoms with van der Waals surface area (Å²) in [6, 6.07) is 0.318. The molecule has 1 saturated heterocycles. The summed E-state index contributed by atoms with van der Waals surface area (Å²) in [6.07, 6.45) is 8.04. The van der Waals surface area contributed by atoms with Crippen LogP contribution in [0.3, 0.4) is 0 Å². The van der Waals surface area contributed by atoms with E-state index in [9.17, 15) is 4.79 Å². The van der Waals surface area contributed by atoms with Crippen LogP contribution < -0.4 is 5.32 Å². The summed E-state index contributed by atoms with van der Waals surface area (Å²) in [4.78, 5) is 15.4. The van der Waals surface area contributed by atoms with Crippen LogP contribution in [0.15, 0.2) is 0 Å². The minimum absolute atomic E-state index is 0.0578. The third kappa shape index (κ3) is 2.14. The van der Waals surface area contributed by atoms with Crippen molar-refractivity contribution in [2.24, 2.45) is 5.41 Å².